The SMILES string of the molecule is CC1(Oc2nc(Br)cs2)CCNCC1. The van der Waals surface area contributed by atoms with E-state index in [9.17, 15) is 0 Å². The second kappa shape index (κ2) is 4.16. The summed E-state index contributed by atoms with van der Waals surface area (Å²) in [5, 5.41) is 6.03. The number of thiazole rings is 1. The number of aromatic nitrogens is 1. The van der Waals surface area contributed by atoms with Gasteiger partial charge in [0.25, 0.3) is 5.19 Å². The second-order valence-electron chi connectivity index (χ2n) is 3.74. The molecule has 0 aliphatic carbocycles. The van der Waals surface area contributed by atoms with Gasteiger partial charge in [0, 0.05) is 5.38 Å². The van der Waals surface area contributed by atoms with E-state index in [-0.39, 0.29) is 5.60 Å². The highest BCUT2D eigenvalue weighted by molar-refractivity contribution is 9.10. The fraction of sp³-hybridized carbons (Fsp3) is 0.667. The van der Waals surface area contributed by atoms with E-state index >= 15 is 0 Å². The summed E-state index contributed by atoms with van der Waals surface area (Å²) in [4.78, 5) is 4.24. The molecule has 0 saturated carbocycles. The van der Waals surface area contributed by atoms with E-state index in [4.69, 9.17) is 4.74 Å². The number of rotatable bonds is 2. The molecule has 1 saturated heterocycles. The van der Waals surface area contributed by atoms with Crippen LogP contribution in [0, 0.1) is 0 Å². The van der Waals surface area contributed by atoms with Crippen LogP contribution >= 0.6 is 27.3 Å². The molecular weight excluding hydrogens is 264 g/mol. The first-order chi connectivity index (χ1) is 6.68. The molecule has 2 rings (SSSR count). The fourth-order valence-corrected chi connectivity index (χ4v) is 2.76. The third-order valence-corrected chi connectivity index (χ3v) is 3.88. The molecule has 0 unspecified atom stereocenters. The van der Waals surface area contributed by atoms with Crippen molar-refractivity contribution in [2.75, 3.05) is 13.1 Å². The Kier molecular flexibility index (Phi) is 3.09. The highest BCUT2D eigenvalue weighted by atomic mass is 79.9. The zero-order chi connectivity index (χ0) is 10.0. The summed E-state index contributed by atoms with van der Waals surface area (Å²) in [6.45, 7) is 4.22. The summed E-state index contributed by atoms with van der Waals surface area (Å²) >= 11 is 4.86. The number of ether oxygens (including phenoxy) is 1. The summed E-state index contributed by atoms with van der Waals surface area (Å²) in [6.07, 6.45) is 2.09. The van der Waals surface area contributed by atoms with Crippen molar-refractivity contribution in [1.29, 1.82) is 0 Å². The van der Waals surface area contributed by atoms with Crippen molar-refractivity contribution in [1.82, 2.24) is 10.3 Å². The van der Waals surface area contributed by atoms with Crippen molar-refractivity contribution in [3.8, 4) is 5.19 Å². The minimum Gasteiger partial charge on any atom is -0.464 e. The predicted octanol–water partition coefficient (Wildman–Crippen LogP) is 2.43. The Morgan fingerprint density at radius 2 is 2.29 bits per heavy atom. The molecule has 0 spiro atoms. The van der Waals surface area contributed by atoms with Crippen LogP contribution in [0.2, 0.25) is 0 Å². The lowest BCUT2D eigenvalue weighted by molar-refractivity contribution is 0.0552. The maximum Gasteiger partial charge on any atom is 0.274 e. The third-order valence-electron chi connectivity index (χ3n) is 2.45. The Bertz CT molecular complexity index is 310. The number of nitrogens with zero attached hydrogens (tertiary/aromatic N) is 1. The molecule has 0 amide bonds. The number of nitrogens with one attached hydrogen (secondary N) is 1. The fourth-order valence-electron chi connectivity index (χ4n) is 1.55. The van der Waals surface area contributed by atoms with Crippen LogP contribution in [0.4, 0.5) is 0 Å². The largest absolute Gasteiger partial charge is 0.464 e. The standard InChI is InChI=1S/C9H13BrN2OS/c1-9(2-4-11-5-3-9)13-8-12-7(10)6-14-8/h6,11H,2-5H2,1H3. The lowest BCUT2D eigenvalue weighted by Crippen LogP contribution is -2.43. The first-order valence-corrected chi connectivity index (χ1v) is 6.36. The molecule has 78 valence electrons. The van der Waals surface area contributed by atoms with Crippen LogP contribution in [0.3, 0.4) is 0 Å². The van der Waals surface area contributed by atoms with Crippen molar-refractivity contribution < 1.29 is 4.74 Å². The minimum atomic E-state index is -0.0391. The van der Waals surface area contributed by atoms with Crippen LogP contribution < -0.4 is 10.1 Å². The average molecular weight is 277 g/mol. The Balaban J connectivity index is 2.01. The Morgan fingerprint density at radius 1 is 1.57 bits per heavy atom. The molecule has 1 aliphatic rings. The van der Waals surface area contributed by atoms with Gasteiger partial charge in [-0.05, 0) is 48.8 Å². The van der Waals surface area contributed by atoms with Crippen LogP contribution in [0.1, 0.15) is 19.8 Å². The molecule has 0 radical (unpaired) electrons. The molecule has 1 aromatic rings. The van der Waals surface area contributed by atoms with Gasteiger partial charge in [0.2, 0.25) is 0 Å². The summed E-state index contributed by atoms with van der Waals surface area (Å²) in [6, 6.07) is 0. The number of piperidine rings is 1. The van der Waals surface area contributed by atoms with Crippen molar-refractivity contribution in [2.24, 2.45) is 0 Å². The van der Waals surface area contributed by atoms with Gasteiger partial charge in [-0.3, -0.25) is 0 Å². The molecule has 0 aromatic carbocycles. The summed E-state index contributed by atoms with van der Waals surface area (Å²) in [5.74, 6) is 0. The molecule has 1 aliphatic heterocycles. The van der Waals surface area contributed by atoms with Crippen LogP contribution in [-0.4, -0.2) is 23.7 Å². The normalized spacial score (nSPS) is 20.7. The Morgan fingerprint density at radius 3 is 2.86 bits per heavy atom. The average Bonchev–Trinajstić information content (AvgIpc) is 2.51. The molecule has 1 fully saturated rings. The van der Waals surface area contributed by atoms with Crippen LogP contribution in [0.25, 0.3) is 0 Å². The van der Waals surface area contributed by atoms with Gasteiger partial charge in [-0.2, -0.15) is 4.98 Å². The van der Waals surface area contributed by atoms with Gasteiger partial charge in [-0.25, -0.2) is 0 Å². The number of hydrogen-bond donors (Lipinski definition) is 1. The van der Waals surface area contributed by atoms with Crippen molar-refractivity contribution >= 4 is 27.3 Å². The molecule has 1 aromatic heterocycles. The first-order valence-electron chi connectivity index (χ1n) is 4.69. The van der Waals surface area contributed by atoms with Crippen LogP contribution in [-0.2, 0) is 0 Å². The predicted molar refractivity (Wildman–Crippen MR) is 61.0 cm³/mol. The first kappa shape index (κ1) is 10.4. The van der Waals surface area contributed by atoms with E-state index in [0.29, 0.717) is 0 Å². The zero-order valence-corrected chi connectivity index (χ0v) is 10.4. The molecule has 1 N–H and O–H groups in total. The molecular formula is C9H13BrN2OS. The maximum atomic E-state index is 5.90. The summed E-state index contributed by atoms with van der Waals surface area (Å²) in [5.41, 5.74) is -0.0391. The Hall–Kier alpha value is -0.130. The summed E-state index contributed by atoms with van der Waals surface area (Å²) in [7, 11) is 0. The topological polar surface area (TPSA) is 34.1 Å². The van der Waals surface area contributed by atoms with E-state index in [2.05, 4.69) is 33.2 Å². The van der Waals surface area contributed by atoms with Gasteiger partial charge >= 0.3 is 0 Å². The van der Waals surface area contributed by atoms with E-state index in [1.54, 1.807) is 11.3 Å². The van der Waals surface area contributed by atoms with Gasteiger partial charge in [0.15, 0.2) is 0 Å². The van der Waals surface area contributed by atoms with E-state index in [0.717, 1.165) is 35.7 Å². The van der Waals surface area contributed by atoms with Gasteiger partial charge < -0.3 is 10.1 Å². The summed E-state index contributed by atoms with van der Waals surface area (Å²) < 4.78 is 6.76. The molecule has 2 heterocycles. The van der Waals surface area contributed by atoms with Gasteiger partial charge in [0.1, 0.15) is 10.2 Å². The molecule has 0 bridgehead atoms. The maximum absolute atomic E-state index is 5.90. The third kappa shape index (κ3) is 2.46. The molecule has 0 atom stereocenters. The van der Waals surface area contributed by atoms with E-state index in [1.807, 2.05) is 5.38 Å². The lowest BCUT2D eigenvalue weighted by Gasteiger charge is -2.33. The van der Waals surface area contributed by atoms with Gasteiger partial charge in [-0.15, -0.1) is 0 Å². The highest BCUT2D eigenvalue weighted by Gasteiger charge is 2.29. The second-order valence-corrected chi connectivity index (χ2v) is 5.37. The van der Waals surface area contributed by atoms with Crippen LogP contribution in [0.15, 0.2) is 9.98 Å². The van der Waals surface area contributed by atoms with Crippen molar-refractivity contribution in [2.45, 2.75) is 25.4 Å². The van der Waals surface area contributed by atoms with Crippen molar-refractivity contribution in [3.05, 3.63) is 9.98 Å². The zero-order valence-electron chi connectivity index (χ0n) is 8.05. The lowest BCUT2D eigenvalue weighted by atomic mass is 9.95. The van der Waals surface area contributed by atoms with Gasteiger partial charge in [0.05, 0.1) is 0 Å². The molecule has 14 heavy (non-hydrogen) atoms. The number of halogens is 1. The van der Waals surface area contributed by atoms with Gasteiger partial charge in [-0.1, -0.05) is 11.3 Å². The van der Waals surface area contributed by atoms with Crippen LogP contribution in [0.5, 0.6) is 5.19 Å². The van der Waals surface area contributed by atoms with E-state index < -0.39 is 0 Å². The van der Waals surface area contributed by atoms with E-state index in [1.165, 1.54) is 0 Å². The quantitative estimate of drug-likeness (QED) is 0.901. The Labute approximate surface area is 96.0 Å². The van der Waals surface area contributed by atoms with Crippen molar-refractivity contribution in [3.63, 3.8) is 0 Å². The highest BCUT2D eigenvalue weighted by Crippen LogP contribution is 2.29. The molecule has 3 nitrogen and oxygen atoms in total. The molecule has 5 heteroatoms. The number of hydrogen-bond acceptors (Lipinski definition) is 4. The minimum absolute atomic E-state index is 0.0391. The smallest absolute Gasteiger partial charge is 0.274 e. The monoisotopic (exact) mass is 276 g/mol.